The predicted octanol–water partition coefficient (Wildman–Crippen LogP) is 0.707. The number of primary amides is 1. The van der Waals surface area contributed by atoms with Gasteiger partial charge in [0.05, 0.1) is 12.2 Å². The van der Waals surface area contributed by atoms with Crippen molar-refractivity contribution in [3.63, 3.8) is 0 Å². The molecule has 0 bridgehead atoms. The molecule has 2 aromatic rings. The molecule has 1 aliphatic rings. The molecule has 0 fully saturated rings. The molecular formula is C13H13FN4O2. The number of hydrogen-bond acceptors (Lipinski definition) is 4. The maximum atomic E-state index is 13.1. The number of benzene rings is 1. The van der Waals surface area contributed by atoms with Crippen molar-refractivity contribution in [2.75, 3.05) is 5.73 Å². The zero-order chi connectivity index (χ0) is 14.3. The molecule has 3 rings (SSSR count). The van der Waals surface area contributed by atoms with Gasteiger partial charge >= 0.3 is 0 Å². The van der Waals surface area contributed by atoms with Gasteiger partial charge in [0.15, 0.2) is 5.69 Å². The molecule has 20 heavy (non-hydrogen) atoms. The summed E-state index contributed by atoms with van der Waals surface area (Å²) in [6.45, 7) is 0.410. The van der Waals surface area contributed by atoms with Crippen molar-refractivity contribution >= 4 is 11.6 Å². The second kappa shape index (κ2) is 4.52. The van der Waals surface area contributed by atoms with Gasteiger partial charge in [0.1, 0.15) is 17.7 Å². The van der Waals surface area contributed by atoms with Crippen LogP contribution >= 0.6 is 0 Å². The molecule has 1 atom stereocenters. The maximum absolute atomic E-state index is 13.1. The summed E-state index contributed by atoms with van der Waals surface area (Å²) in [6.07, 6.45) is 1.94. The molecule has 1 aromatic heterocycles. The Balaban J connectivity index is 1.75. The molecule has 1 amide bonds. The van der Waals surface area contributed by atoms with Crippen molar-refractivity contribution in [1.29, 1.82) is 0 Å². The summed E-state index contributed by atoms with van der Waals surface area (Å²) in [7, 11) is 0. The van der Waals surface area contributed by atoms with E-state index in [0.29, 0.717) is 18.7 Å². The van der Waals surface area contributed by atoms with E-state index in [1.54, 1.807) is 6.07 Å². The van der Waals surface area contributed by atoms with Gasteiger partial charge in [-0.05, 0) is 18.2 Å². The van der Waals surface area contributed by atoms with Gasteiger partial charge in [-0.25, -0.2) is 4.39 Å². The van der Waals surface area contributed by atoms with Crippen LogP contribution < -0.4 is 16.2 Å². The number of nitrogens with zero attached hydrogens (tertiary/aromatic N) is 2. The Morgan fingerprint density at radius 3 is 3.05 bits per heavy atom. The number of carbonyl (C=O) groups is 1. The number of rotatable bonds is 3. The first-order valence-corrected chi connectivity index (χ1v) is 6.11. The minimum Gasteiger partial charge on any atom is -0.488 e. The van der Waals surface area contributed by atoms with Gasteiger partial charge in [-0.2, -0.15) is 5.10 Å². The number of nitrogens with two attached hydrogens (primary N) is 2. The van der Waals surface area contributed by atoms with Crippen LogP contribution in [0.25, 0.3) is 0 Å². The van der Waals surface area contributed by atoms with E-state index in [1.165, 1.54) is 23.0 Å². The second-order valence-electron chi connectivity index (χ2n) is 4.72. The highest BCUT2D eigenvalue weighted by atomic mass is 19.1. The summed E-state index contributed by atoms with van der Waals surface area (Å²) in [5.41, 5.74) is 11.9. The van der Waals surface area contributed by atoms with Gasteiger partial charge in [0.25, 0.3) is 5.91 Å². The van der Waals surface area contributed by atoms with Crippen molar-refractivity contribution < 1.29 is 13.9 Å². The zero-order valence-corrected chi connectivity index (χ0v) is 10.5. The summed E-state index contributed by atoms with van der Waals surface area (Å²) >= 11 is 0. The summed E-state index contributed by atoms with van der Waals surface area (Å²) in [6, 6.07) is 4.43. The molecular weight excluding hydrogens is 263 g/mol. The molecule has 0 saturated carbocycles. The Bertz CT molecular complexity index is 683. The van der Waals surface area contributed by atoms with Gasteiger partial charge in [-0.1, -0.05) is 0 Å². The van der Waals surface area contributed by atoms with E-state index in [-0.39, 0.29) is 23.3 Å². The first-order valence-electron chi connectivity index (χ1n) is 6.11. The van der Waals surface area contributed by atoms with Crippen molar-refractivity contribution in [3.05, 3.63) is 41.5 Å². The Labute approximate surface area is 114 Å². The number of anilines is 1. The lowest BCUT2D eigenvalue weighted by molar-refractivity contribution is 0.0994. The van der Waals surface area contributed by atoms with Gasteiger partial charge in [-0.3, -0.25) is 9.48 Å². The molecule has 6 nitrogen and oxygen atoms in total. The van der Waals surface area contributed by atoms with Crippen LogP contribution in [0.1, 0.15) is 16.1 Å². The van der Waals surface area contributed by atoms with Crippen LogP contribution in [0.2, 0.25) is 0 Å². The highest BCUT2D eigenvalue weighted by Crippen LogP contribution is 2.29. The lowest BCUT2D eigenvalue weighted by Crippen LogP contribution is -2.22. The maximum Gasteiger partial charge on any atom is 0.271 e. The molecule has 0 aliphatic carbocycles. The van der Waals surface area contributed by atoms with E-state index in [9.17, 15) is 9.18 Å². The first kappa shape index (κ1) is 12.5. The number of fused-ring (bicyclic) bond motifs is 1. The monoisotopic (exact) mass is 276 g/mol. The van der Waals surface area contributed by atoms with Gasteiger partial charge in [0.2, 0.25) is 0 Å². The van der Waals surface area contributed by atoms with E-state index in [1.807, 2.05) is 0 Å². The van der Waals surface area contributed by atoms with Crippen LogP contribution in [0.5, 0.6) is 5.75 Å². The quantitative estimate of drug-likeness (QED) is 0.862. The van der Waals surface area contributed by atoms with E-state index < -0.39 is 5.91 Å². The zero-order valence-electron chi connectivity index (χ0n) is 10.5. The average Bonchev–Trinajstić information content (AvgIpc) is 2.92. The number of halogens is 1. The Hall–Kier alpha value is -2.57. The topological polar surface area (TPSA) is 96.2 Å². The second-order valence-corrected chi connectivity index (χ2v) is 4.72. The van der Waals surface area contributed by atoms with Crippen LogP contribution in [0.3, 0.4) is 0 Å². The van der Waals surface area contributed by atoms with Gasteiger partial charge in [-0.15, -0.1) is 0 Å². The number of hydrogen-bond donors (Lipinski definition) is 2. The molecule has 1 unspecified atom stereocenters. The Morgan fingerprint density at radius 1 is 1.55 bits per heavy atom. The summed E-state index contributed by atoms with van der Waals surface area (Å²) in [5, 5.41) is 4.02. The van der Waals surface area contributed by atoms with Crippen molar-refractivity contribution in [2.24, 2.45) is 5.73 Å². The van der Waals surface area contributed by atoms with E-state index >= 15 is 0 Å². The Kier molecular flexibility index (Phi) is 2.81. The molecule has 4 N–H and O–H groups in total. The van der Waals surface area contributed by atoms with Crippen molar-refractivity contribution in [2.45, 2.75) is 19.1 Å². The van der Waals surface area contributed by atoms with E-state index in [2.05, 4.69) is 5.10 Å². The number of ether oxygens (including phenoxy) is 1. The number of nitrogen functional groups attached to an aromatic ring is 1. The van der Waals surface area contributed by atoms with Crippen LogP contribution in [0.4, 0.5) is 10.1 Å². The number of aromatic nitrogens is 2. The molecule has 1 aromatic carbocycles. The fourth-order valence-corrected chi connectivity index (χ4v) is 2.32. The molecule has 104 valence electrons. The molecule has 0 radical (unpaired) electrons. The van der Waals surface area contributed by atoms with Crippen molar-refractivity contribution in [1.82, 2.24) is 9.78 Å². The minimum atomic E-state index is -0.668. The smallest absolute Gasteiger partial charge is 0.271 e. The fraction of sp³-hybridized carbons (Fsp3) is 0.231. The third-order valence-electron chi connectivity index (χ3n) is 3.18. The first-order chi connectivity index (χ1) is 9.52. The van der Waals surface area contributed by atoms with Crippen LogP contribution in [0.15, 0.2) is 24.4 Å². The SMILES string of the molecule is NC(=O)c1nn(CC2Cc3cc(F)ccc3O2)cc1N. The lowest BCUT2D eigenvalue weighted by atomic mass is 10.1. The highest BCUT2D eigenvalue weighted by molar-refractivity contribution is 5.95. The molecule has 0 saturated heterocycles. The summed E-state index contributed by atoms with van der Waals surface area (Å²) in [4.78, 5) is 11.1. The molecule has 2 heterocycles. The van der Waals surface area contributed by atoms with Crippen LogP contribution in [-0.4, -0.2) is 21.8 Å². The molecule has 1 aliphatic heterocycles. The van der Waals surface area contributed by atoms with E-state index in [0.717, 1.165) is 5.56 Å². The molecule has 0 spiro atoms. The van der Waals surface area contributed by atoms with Crippen molar-refractivity contribution in [3.8, 4) is 5.75 Å². The average molecular weight is 276 g/mol. The minimum absolute atomic E-state index is 0.0477. The highest BCUT2D eigenvalue weighted by Gasteiger charge is 2.24. The fourth-order valence-electron chi connectivity index (χ4n) is 2.32. The van der Waals surface area contributed by atoms with Gasteiger partial charge < -0.3 is 16.2 Å². The standard InChI is InChI=1S/C13H13FN4O2/c14-8-1-2-11-7(3-8)4-9(20-11)5-18-6-10(15)12(17-18)13(16)19/h1-3,6,9H,4-5,15H2,(H2,16,19). The Morgan fingerprint density at radius 2 is 2.35 bits per heavy atom. The normalized spacial score (nSPS) is 16.8. The van der Waals surface area contributed by atoms with Crippen LogP contribution in [-0.2, 0) is 13.0 Å². The predicted molar refractivity (Wildman–Crippen MR) is 69.7 cm³/mol. The van der Waals surface area contributed by atoms with E-state index in [4.69, 9.17) is 16.2 Å². The van der Waals surface area contributed by atoms with Gasteiger partial charge in [0, 0.05) is 18.2 Å². The summed E-state index contributed by atoms with van der Waals surface area (Å²) < 4.78 is 20.3. The largest absolute Gasteiger partial charge is 0.488 e. The lowest BCUT2D eigenvalue weighted by Gasteiger charge is -2.10. The third-order valence-corrected chi connectivity index (χ3v) is 3.18. The number of carbonyl (C=O) groups excluding carboxylic acids is 1. The third kappa shape index (κ3) is 2.18. The van der Waals surface area contributed by atoms with Crippen LogP contribution in [0, 0.1) is 5.82 Å². The summed E-state index contributed by atoms with van der Waals surface area (Å²) in [5.74, 6) is -0.280. The molecule has 7 heteroatoms. The number of amides is 1.